The highest BCUT2D eigenvalue weighted by atomic mass is 32.1. The van der Waals surface area contributed by atoms with Crippen LogP contribution < -0.4 is 20.3 Å². The number of amides is 2. The average Bonchev–Trinajstić information content (AvgIpc) is 3.26. The number of rotatable bonds is 2. The molecule has 1 aliphatic rings. The van der Waals surface area contributed by atoms with Crippen LogP contribution in [0.2, 0.25) is 0 Å². The minimum Gasteiger partial charge on any atom is -0.454 e. The minimum atomic E-state index is -0.460. The van der Waals surface area contributed by atoms with E-state index in [-0.39, 0.29) is 6.79 Å². The van der Waals surface area contributed by atoms with Gasteiger partial charge in [0.2, 0.25) is 6.79 Å². The smallest absolute Gasteiger partial charge is 0.269 e. The zero-order chi connectivity index (χ0) is 16.5. The molecule has 2 N–H and O–H groups in total. The molecular weight excluding hydrogens is 332 g/mol. The molecular formula is C15H10N4O4S. The van der Waals surface area contributed by atoms with E-state index in [9.17, 15) is 9.59 Å². The Balaban J connectivity index is 1.43. The van der Waals surface area contributed by atoms with E-state index in [0.717, 1.165) is 17.2 Å². The first-order valence-corrected chi connectivity index (χ1v) is 7.66. The summed E-state index contributed by atoms with van der Waals surface area (Å²) in [6.07, 6.45) is 0. The summed E-state index contributed by atoms with van der Waals surface area (Å²) in [5, 5.41) is 0. The van der Waals surface area contributed by atoms with Gasteiger partial charge in [-0.1, -0.05) is 0 Å². The van der Waals surface area contributed by atoms with Crippen LogP contribution in [0.5, 0.6) is 11.5 Å². The van der Waals surface area contributed by atoms with Gasteiger partial charge < -0.3 is 9.47 Å². The van der Waals surface area contributed by atoms with E-state index in [1.807, 2.05) is 0 Å². The van der Waals surface area contributed by atoms with Crippen molar-refractivity contribution >= 4 is 34.6 Å². The number of nitrogens with one attached hydrogen (secondary N) is 2. The van der Waals surface area contributed by atoms with Gasteiger partial charge in [-0.2, -0.15) is 8.75 Å². The number of aromatic nitrogens is 2. The second-order valence-corrected chi connectivity index (χ2v) is 5.47. The zero-order valence-electron chi connectivity index (χ0n) is 12.1. The summed E-state index contributed by atoms with van der Waals surface area (Å²) in [5.74, 6) is 0.174. The second kappa shape index (κ2) is 5.78. The molecule has 2 aromatic carbocycles. The summed E-state index contributed by atoms with van der Waals surface area (Å²) >= 11 is 1.07. The number of ether oxygens (including phenoxy) is 2. The summed E-state index contributed by atoms with van der Waals surface area (Å²) in [5.41, 5.74) is 6.81. The number of carbonyl (C=O) groups excluding carboxylic acids is 2. The average molecular weight is 342 g/mol. The fourth-order valence-electron chi connectivity index (χ4n) is 2.22. The number of hydrogen-bond acceptors (Lipinski definition) is 7. The number of nitrogens with zero attached hydrogens (tertiary/aromatic N) is 2. The Morgan fingerprint density at radius 2 is 1.54 bits per heavy atom. The monoisotopic (exact) mass is 342 g/mol. The molecule has 1 aliphatic heterocycles. The van der Waals surface area contributed by atoms with Crippen molar-refractivity contribution in [2.75, 3.05) is 6.79 Å². The van der Waals surface area contributed by atoms with E-state index in [0.29, 0.717) is 28.1 Å². The molecule has 0 aliphatic carbocycles. The number of hydrogen-bond donors (Lipinski definition) is 2. The van der Waals surface area contributed by atoms with E-state index in [1.165, 1.54) is 0 Å². The van der Waals surface area contributed by atoms with Crippen LogP contribution in [0.4, 0.5) is 0 Å². The maximum Gasteiger partial charge on any atom is 0.269 e. The predicted octanol–water partition coefficient (Wildman–Crippen LogP) is 1.49. The van der Waals surface area contributed by atoms with Crippen molar-refractivity contribution in [3.8, 4) is 11.5 Å². The first-order valence-electron chi connectivity index (χ1n) is 6.93. The van der Waals surface area contributed by atoms with Crippen LogP contribution in [0.1, 0.15) is 20.7 Å². The Morgan fingerprint density at radius 1 is 0.875 bits per heavy atom. The summed E-state index contributed by atoms with van der Waals surface area (Å²) in [7, 11) is 0. The lowest BCUT2D eigenvalue weighted by atomic mass is 10.2. The van der Waals surface area contributed by atoms with Gasteiger partial charge >= 0.3 is 0 Å². The van der Waals surface area contributed by atoms with Crippen molar-refractivity contribution in [2.45, 2.75) is 0 Å². The van der Waals surface area contributed by atoms with Crippen LogP contribution in [0.3, 0.4) is 0 Å². The van der Waals surface area contributed by atoms with Crippen LogP contribution in [0.15, 0.2) is 36.4 Å². The topological polar surface area (TPSA) is 102 Å². The van der Waals surface area contributed by atoms with E-state index >= 15 is 0 Å². The quantitative estimate of drug-likeness (QED) is 0.684. The fourth-order valence-corrected chi connectivity index (χ4v) is 2.74. The molecule has 0 fully saturated rings. The highest BCUT2D eigenvalue weighted by Gasteiger charge is 2.17. The maximum atomic E-state index is 12.1. The summed E-state index contributed by atoms with van der Waals surface area (Å²) < 4.78 is 18.5. The van der Waals surface area contributed by atoms with Gasteiger partial charge in [0, 0.05) is 11.1 Å². The second-order valence-electron chi connectivity index (χ2n) is 4.94. The van der Waals surface area contributed by atoms with Gasteiger partial charge in [-0.25, -0.2) is 0 Å². The van der Waals surface area contributed by atoms with Crippen molar-refractivity contribution < 1.29 is 19.1 Å². The Morgan fingerprint density at radius 3 is 2.38 bits per heavy atom. The molecule has 2 heterocycles. The van der Waals surface area contributed by atoms with Gasteiger partial charge in [-0.15, -0.1) is 0 Å². The third kappa shape index (κ3) is 2.61. The van der Waals surface area contributed by atoms with Gasteiger partial charge in [0.25, 0.3) is 11.8 Å². The lowest BCUT2D eigenvalue weighted by Crippen LogP contribution is -2.41. The standard InChI is InChI=1S/C15H10N4O4S/c20-14(8-1-3-10-11(5-8)19-24-18-10)16-17-15(21)9-2-4-12-13(6-9)23-7-22-12/h1-6H,7H2,(H,16,20)(H,17,21). The molecule has 4 rings (SSSR count). The van der Waals surface area contributed by atoms with Crippen LogP contribution in [-0.2, 0) is 0 Å². The first kappa shape index (κ1) is 14.4. The summed E-state index contributed by atoms with van der Waals surface area (Å²) in [6, 6.07) is 9.71. The molecule has 0 spiro atoms. The Labute approximate surface area is 139 Å². The molecule has 2 amide bonds. The normalized spacial score (nSPS) is 12.2. The molecule has 1 aromatic heterocycles. The van der Waals surface area contributed by atoms with Crippen molar-refractivity contribution in [3.63, 3.8) is 0 Å². The van der Waals surface area contributed by atoms with E-state index < -0.39 is 11.8 Å². The van der Waals surface area contributed by atoms with Gasteiger partial charge in [-0.3, -0.25) is 20.4 Å². The van der Waals surface area contributed by atoms with E-state index in [1.54, 1.807) is 36.4 Å². The van der Waals surface area contributed by atoms with Crippen molar-refractivity contribution in [3.05, 3.63) is 47.5 Å². The van der Waals surface area contributed by atoms with Crippen molar-refractivity contribution in [1.29, 1.82) is 0 Å². The number of hydrazine groups is 1. The van der Waals surface area contributed by atoms with Gasteiger partial charge in [0.1, 0.15) is 11.0 Å². The fraction of sp³-hybridized carbons (Fsp3) is 0.0667. The lowest BCUT2D eigenvalue weighted by molar-refractivity contribution is 0.0846. The minimum absolute atomic E-state index is 0.130. The molecule has 9 heteroatoms. The molecule has 8 nitrogen and oxygen atoms in total. The zero-order valence-corrected chi connectivity index (χ0v) is 12.9. The Kier molecular flexibility index (Phi) is 3.47. The van der Waals surface area contributed by atoms with E-state index in [2.05, 4.69) is 19.6 Å². The molecule has 0 radical (unpaired) electrons. The van der Waals surface area contributed by atoms with Gasteiger partial charge in [-0.05, 0) is 36.4 Å². The van der Waals surface area contributed by atoms with Crippen LogP contribution in [-0.4, -0.2) is 27.4 Å². The third-order valence-corrected chi connectivity index (χ3v) is 4.00. The summed E-state index contributed by atoms with van der Waals surface area (Å²) in [4.78, 5) is 24.2. The largest absolute Gasteiger partial charge is 0.454 e. The SMILES string of the molecule is O=C(NNC(=O)c1ccc2nsnc2c1)c1ccc2c(c1)OCO2. The molecule has 0 saturated carbocycles. The Bertz CT molecular complexity index is 956. The summed E-state index contributed by atoms with van der Waals surface area (Å²) in [6.45, 7) is 0.130. The number of carbonyl (C=O) groups is 2. The predicted molar refractivity (Wildman–Crippen MR) is 84.9 cm³/mol. The first-order chi connectivity index (χ1) is 11.7. The molecule has 120 valence electrons. The van der Waals surface area contributed by atoms with Gasteiger partial charge in [0.15, 0.2) is 11.5 Å². The van der Waals surface area contributed by atoms with Crippen LogP contribution in [0, 0.1) is 0 Å². The van der Waals surface area contributed by atoms with Crippen molar-refractivity contribution in [1.82, 2.24) is 19.6 Å². The number of benzene rings is 2. The lowest BCUT2D eigenvalue weighted by Gasteiger charge is -2.08. The molecule has 24 heavy (non-hydrogen) atoms. The highest BCUT2D eigenvalue weighted by molar-refractivity contribution is 7.00. The molecule has 0 atom stereocenters. The van der Waals surface area contributed by atoms with Crippen molar-refractivity contribution in [2.24, 2.45) is 0 Å². The Hall–Kier alpha value is -3.20. The number of fused-ring (bicyclic) bond motifs is 2. The maximum absolute atomic E-state index is 12.1. The molecule has 3 aromatic rings. The van der Waals surface area contributed by atoms with Crippen LogP contribution >= 0.6 is 11.7 Å². The van der Waals surface area contributed by atoms with Crippen LogP contribution in [0.25, 0.3) is 11.0 Å². The van der Waals surface area contributed by atoms with Gasteiger partial charge in [0.05, 0.1) is 11.7 Å². The molecule has 0 bridgehead atoms. The highest BCUT2D eigenvalue weighted by Crippen LogP contribution is 2.32. The van der Waals surface area contributed by atoms with E-state index in [4.69, 9.17) is 9.47 Å². The molecule has 0 saturated heterocycles. The molecule has 0 unspecified atom stereocenters. The third-order valence-electron chi connectivity index (χ3n) is 3.44.